The lowest BCUT2D eigenvalue weighted by atomic mass is 10.1. The molecule has 0 aliphatic rings. The molecule has 0 saturated carbocycles. The van der Waals surface area contributed by atoms with Gasteiger partial charge in [0.25, 0.3) is 0 Å². The number of aliphatic hydroxyl groups is 1. The average molecular weight is 260 g/mol. The van der Waals surface area contributed by atoms with Crippen molar-refractivity contribution in [2.45, 2.75) is 32.3 Å². The smallest absolute Gasteiger partial charge is 0.0850 e. The van der Waals surface area contributed by atoms with E-state index in [2.05, 4.69) is 10.00 Å². The molecule has 0 amide bonds. The molecule has 0 radical (unpaired) electrons. The van der Waals surface area contributed by atoms with Gasteiger partial charge in [-0.15, -0.1) is 0 Å². The number of aromatic nitrogens is 2. The van der Waals surface area contributed by atoms with Gasteiger partial charge in [-0.05, 0) is 33.5 Å². The molecule has 1 aromatic heterocycles. The van der Waals surface area contributed by atoms with E-state index in [1.807, 2.05) is 28.1 Å². The van der Waals surface area contributed by atoms with E-state index in [4.69, 9.17) is 11.6 Å². The normalized spacial score (nSPS) is 13.4. The van der Waals surface area contributed by atoms with E-state index in [0.29, 0.717) is 11.4 Å². The molecular weight excluding hydrogens is 238 g/mol. The molecule has 0 bridgehead atoms. The highest BCUT2D eigenvalue weighted by atomic mass is 35.5. The summed E-state index contributed by atoms with van der Waals surface area (Å²) in [6.45, 7) is 2.90. The number of hydrogen-bond acceptors (Lipinski definition) is 3. The molecule has 5 heteroatoms. The number of hydrogen-bond donors (Lipinski definition) is 1. The monoisotopic (exact) mass is 259 g/mol. The predicted octanol–water partition coefficient (Wildman–Crippen LogP) is 1.49. The second-order valence-electron chi connectivity index (χ2n) is 4.63. The van der Waals surface area contributed by atoms with Crippen LogP contribution >= 0.6 is 11.6 Å². The summed E-state index contributed by atoms with van der Waals surface area (Å²) in [4.78, 5) is 2.06. The van der Waals surface area contributed by atoms with Crippen LogP contribution in [0.3, 0.4) is 0 Å². The van der Waals surface area contributed by atoms with Crippen LogP contribution in [0.15, 0.2) is 0 Å². The Morgan fingerprint density at radius 2 is 2.12 bits per heavy atom. The fourth-order valence-corrected chi connectivity index (χ4v) is 2.14. The second kappa shape index (κ2) is 6.38. The Hall–Kier alpha value is -0.580. The molecule has 0 spiro atoms. The molecule has 0 saturated heterocycles. The minimum atomic E-state index is -0.366. The van der Waals surface area contributed by atoms with Crippen LogP contribution in [0.2, 0.25) is 5.02 Å². The molecule has 1 rings (SSSR count). The highest BCUT2D eigenvalue weighted by molar-refractivity contribution is 6.31. The number of nitrogens with zero attached hydrogens (tertiary/aromatic N) is 3. The quantitative estimate of drug-likeness (QED) is 0.842. The maximum absolute atomic E-state index is 9.96. The molecule has 1 heterocycles. The predicted molar refractivity (Wildman–Crippen MR) is 70.5 cm³/mol. The van der Waals surface area contributed by atoms with Gasteiger partial charge in [-0.25, -0.2) is 0 Å². The summed E-state index contributed by atoms with van der Waals surface area (Å²) in [7, 11) is 5.87. The molecule has 1 unspecified atom stereocenters. The summed E-state index contributed by atoms with van der Waals surface area (Å²) >= 11 is 6.23. The molecule has 1 aromatic rings. The van der Waals surface area contributed by atoms with Crippen LogP contribution in [-0.4, -0.2) is 46.5 Å². The average Bonchev–Trinajstić information content (AvgIpc) is 2.53. The second-order valence-corrected chi connectivity index (χ2v) is 5.01. The van der Waals surface area contributed by atoms with Crippen LogP contribution in [0.25, 0.3) is 0 Å². The summed E-state index contributed by atoms with van der Waals surface area (Å²) in [6, 6.07) is 0. The van der Waals surface area contributed by atoms with E-state index < -0.39 is 0 Å². The molecule has 0 aliphatic heterocycles. The van der Waals surface area contributed by atoms with Crippen LogP contribution in [0.5, 0.6) is 0 Å². The first kappa shape index (κ1) is 14.5. The summed E-state index contributed by atoms with van der Waals surface area (Å²) < 4.78 is 1.78. The molecule has 0 fully saturated rings. The number of aliphatic hydroxyl groups excluding tert-OH is 1. The molecular formula is C12H22ClN3O. The third kappa shape index (κ3) is 3.98. The van der Waals surface area contributed by atoms with Crippen molar-refractivity contribution in [2.24, 2.45) is 7.05 Å². The Kier molecular flexibility index (Phi) is 5.43. The van der Waals surface area contributed by atoms with Gasteiger partial charge in [0.1, 0.15) is 0 Å². The van der Waals surface area contributed by atoms with Crippen molar-refractivity contribution in [1.29, 1.82) is 0 Å². The van der Waals surface area contributed by atoms with Gasteiger partial charge in [0.2, 0.25) is 0 Å². The summed E-state index contributed by atoms with van der Waals surface area (Å²) in [5.74, 6) is 0. The third-order valence-electron chi connectivity index (χ3n) is 2.84. The summed E-state index contributed by atoms with van der Waals surface area (Å²) in [6.07, 6.45) is 1.77. The van der Waals surface area contributed by atoms with E-state index >= 15 is 0 Å². The highest BCUT2D eigenvalue weighted by Gasteiger charge is 2.16. The first-order valence-corrected chi connectivity index (χ1v) is 6.36. The Labute approximate surface area is 108 Å². The summed E-state index contributed by atoms with van der Waals surface area (Å²) in [5.41, 5.74) is 1.83. The number of aryl methyl sites for hydroxylation is 2. The van der Waals surface area contributed by atoms with Crippen LogP contribution in [0.1, 0.15) is 24.7 Å². The zero-order valence-electron chi connectivity index (χ0n) is 11.1. The minimum absolute atomic E-state index is 0.366. The maximum Gasteiger partial charge on any atom is 0.0850 e. The molecule has 0 aliphatic carbocycles. The zero-order valence-corrected chi connectivity index (χ0v) is 11.8. The van der Waals surface area contributed by atoms with Crippen molar-refractivity contribution in [3.05, 3.63) is 16.4 Å². The van der Waals surface area contributed by atoms with E-state index in [0.717, 1.165) is 30.8 Å². The first-order chi connectivity index (χ1) is 7.95. The lowest BCUT2D eigenvalue weighted by molar-refractivity contribution is 0.150. The fourth-order valence-electron chi connectivity index (χ4n) is 1.77. The Morgan fingerprint density at radius 1 is 1.47 bits per heavy atom. The lowest BCUT2D eigenvalue weighted by Crippen LogP contribution is -2.21. The van der Waals surface area contributed by atoms with E-state index in [1.54, 1.807) is 4.68 Å². The summed E-state index contributed by atoms with van der Waals surface area (Å²) in [5, 5.41) is 15.0. The van der Waals surface area contributed by atoms with E-state index in [9.17, 15) is 5.11 Å². The highest BCUT2D eigenvalue weighted by Crippen LogP contribution is 2.22. The Bertz CT molecular complexity index is 363. The molecule has 1 atom stereocenters. The zero-order chi connectivity index (χ0) is 13.0. The van der Waals surface area contributed by atoms with E-state index in [1.165, 1.54) is 0 Å². The van der Waals surface area contributed by atoms with Crippen LogP contribution < -0.4 is 0 Å². The van der Waals surface area contributed by atoms with Crippen LogP contribution in [0, 0.1) is 0 Å². The molecule has 17 heavy (non-hydrogen) atoms. The van der Waals surface area contributed by atoms with Gasteiger partial charge >= 0.3 is 0 Å². The van der Waals surface area contributed by atoms with Gasteiger partial charge in [-0.3, -0.25) is 4.68 Å². The maximum atomic E-state index is 9.96. The van der Waals surface area contributed by atoms with Gasteiger partial charge in [0.05, 0.1) is 22.5 Å². The lowest BCUT2D eigenvalue weighted by Gasteiger charge is -2.14. The Morgan fingerprint density at radius 3 is 2.59 bits per heavy atom. The van der Waals surface area contributed by atoms with Gasteiger partial charge < -0.3 is 10.0 Å². The van der Waals surface area contributed by atoms with Gasteiger partial charge in [0.15, 0.2) is 0 Å². The van der Waals surface area contributed by atoms with Crippen molar-refractivity contribution in [3.8, 4) is 0 Å². The van der Waals surface area contributed by atoms with Crippen LogP contribution in [-0.2, 0) is 19.9 Å². The fraction of sp³-hybridized carbons (Fsp3) is 0.750. The van der Waals surface area contributed by atoms with E-state index in [-0.39, 0.29) is 6.10 Å². The number of halogens is 1. The van der Waals surface area contributed by atoms with Crippen molar-refractivity contribution in [1.82, 2.24) is 14.7 Å². The number of rotatable bonds is 6. The molecule has 4 nitrogen and oxygen atoms in total. The first-order valence-electron chi connectivity index (χ1n) is 5.98. The van der Waals surface area contributed by atoms with Crippen molar-refractivity contribution < 1.29 is 5.11 Å². The third-order valence-corrected chi connectivity index (χ3v) is 3.28. The molecule has 1 N–H and O–H groups in total. The SMILES string of the molecule is CCc1nn(C)c(CC(O)CCN(C)C)c1Cl. The van der Waals surface area contributed by atoms with Gasteiger partial charge in [0, 0.05) is 13.5 Å². The Balaban J connectivity index is 2.64. The van der Waals surface area contributed by atoms with Crippen molar-refractivity contribution in [2.75, 3.05) is 20.6 Å². The standard InChI is InChI=1S/C12H22ClN3O/c1-5-10-12(13)11(16(4)14-10)8-9(17)6-7-15(2)3/h9,17H,5-8H2,1-4H3. The largest absolute Gasteiger partial charge is 0.393 e. The van der Waals surface area contributed by atoms with Gasteiger partial charge in [-0.2, -0.15) is 5.10 Å². The molecule has 98 valence electrons. The molecule has 0 aromatic carbocycles. The van der Waals surface area contributed by atoms with Crippen molar-refractivity contribution >= 4 is 11.6 Å². The topological polar surface area (TPSA) is 41.3 Å². The van der Waals surface area contributed by atoms with Crippen molar-refractivity contribution in [3.63, 3.8) is 0 Å². The van der Waals surface area contributed by atoms with Crippen LogP contribution in [0.4, 0.5) is 0 Å². The van der Waals surface area contributed by atoms with Gasteiger partial charge in [-0.1, -0.05) is 18.5 Å². The minimum Gasteiger partial charge on any atom is -0.393 e.